The van der Waals surface area contributed by atoms with Crippen molar-refractivity contribution < 1.29 is 27.9 Å². The van der Waals surface area contributed by atoms with E-state index in [1.54, 1.807) is 6.07 Å². The summed E-state index contributed by atoms with van der Waals surface area (Å²) in [5.41, 5.74) is 0.591. The van der Waals surface area contributed by atoms with E-state index in [1.165, 1.54) is 35.0 Å². The molecule has 1 aliphatic rings. The van der Waals surface area contributed by atoms with Gasteiger partial charge in [-0.2, -0.15) is 23.0 Å². The smallest absolute Gasteiger partial charge is 0.416 e. The number of carbonyl (C=O) groups is 2. The Labute approximate surface area is 206 Å². The molecule has 0 spiro atoms. The van der Waals surface area contributed by atoms with Crippen molar-refractivity contribution in [2.75, 3.05) is 11.9 Å². The number of anilines is 1. The Morgan fingerprint density at radius 2 is 1.86 bits per heavy atom. The van der Waals surface area contributed by atoms with Gasteiger partial charge in [0.1, 0.15) is 5.75 Å². The summed E-state index contributed by atoms with van der Waals surface area (Å²) in [5.74, 6) is -0.665. The Balaban J connectivity index is 1.63. The van der Waals surface area contributed by atoms with E-state index in [1.807, 2.05) is 6.92 Å². The lowest BCUT2D eigenvalue weighted by molar-refractivity contribution is -0.137. The number of hydrogen-bond acceptors (Lipinski definition) is 4. The van der Waals surface area contributed by atoms with Crippen molar-refractivity contribution in [1.29, 1.82) is 0 Å². The van der Waals surface area contributed by atoms with E-state index in [2.05, 4.69) is 15.7 Å². The summed E-state index contributed by atoms with van der Waals surface area (Å²) in [7, 11) is 0. The number of benzene rings is 2. The first-order valence-corrected chi connectivity index (χ1v) is 11.9. The molecule has 190 valence electrons. The number of halogens is 3. The predicted octanol–water partition coefficient (Wildman–Crippen LogP) is 6.15. The maximum Gasteiger partial charge on any atom is 0.416 e. The molecule has 0 atom stereocenters. The van der Waals surface area contributed by atoms with Gasteiger partial charge in [-0.3, -0.25) is 4.79 Å². The molecule has 1 fully saturated rings. The first-order chi connectivity index (χ1) is 17.2. The zero-order chi connectivity index (χ0) is 25.9. The number of alkyl halides is 3. The Bertz CT molecular complexity index is 1260. The van der Waals surface area contributed by atoms with E-state index < -0.39 is 17.6 Å². The molecule has 3 aromatic rings. The number of carbonyl (C=O) groups excluding carboxylic acids is 2. The van der Waals surface area contributed by atoms with Gasteiger partial charge in [0.2, 0.25) is 0 Å². The van der Waals surface area contributed by atoms with E-state index in [-0.39, 0.29) is 34.5 Å². The van der Waals surface area contributed by atoms with Gasteiger partial charge in [0.05, 0.1) is 17.0 Å². The van der Waals surface area contributed by atoms with Crippen LogP contribution in [0.15, 0.2) is 48.5 Å². The Hall–Kier alpha value is -3.82. The van der Waals surface area contributed by atoms with E-state index >= 15 is 0 Å². The summed E-state index contributed by atoms with van der Waals surface area (Å²) in [4.78, 5) is 25.4. The van der Waals surface area contributed by atoms with Gasteiger partial charge in [-0.05, 0) is 61.7 Å². The van der Waals surface area contributed by atoms with Gasteiger partial charge in [-0.25, -0.2) is 4.79 Å². The molecule has 2 aromatic carbocycles. The van der Waals surface area contributed by atoms with Gasteiger partial charge in [0.15, 0.2) is 0 Å². The molecular weight excluding hydrogens is 473 g/mol. The highest BCUT2D eigenvalue weighted by atomic mass is 19.4. The van der Waals surface area contributed by atoms with Crippen LogP contribution in [0.5, 0.6) is 5.75 Å². The van der Waals surface area contributed by atoms with Crippen LogP contribution in [0.4, 0.5) is 23.7 Å². The van der Waals surface area contributed by atoms with Crippen molar-refractivity contribution in [2.24, 2.45) is 0 Å². The van der Waals surface area contributed by atoms with Crippen molar-refractivity contribution in [1.82, 2.24) is 15.1 Å². The largest absolute Gasteiger partial charge is 0.507 e. The third kappa shape index (κ3) is 5.53. The van der Waals surface area contributed by atoms with Gasteiger partial charge < -0.3 is 15.7 Å². The van der Waals surface area contributed by atoms with Gasteiger partial charge in [0, 0.05) is 29.3 Å². The number of amides is 2. The molecule has 7 nitrogen and oxygen atoms in total. The van der Waals surface area contributed by atoms with Gasteiger partial charge >= 0.3 is 12.2 Å². The van der Waals surface area contributed by atoms with Gasteiger partial charge in [-0.15, -0.1) is 0 Å². The average Bonchev–Trinajstić information content (AvgIpc) is 3.53. The van der Waals surface area contributed by atoms with Gasteiger partial charge in [-0.1, -0.05) is 25.8 Å². The quantitative estimate of drug-likeness (QED) is 0.354. The molecule has 1 heterocycles. The second-order valence-electron chi connectivity index (χ2n) is 8.84. The minimum absolute atomic E-state index is 0.108. The van der Waals surface area contributed by atoms with Crippen LogP contribution in [-0.4, -0.2) is 33.4 Å². The first-order valence-electron chi connectivity index (χ1n) is 11.9. The number of nitrogens with zero attached hydrogens (tertiary/aromatic N) is 2. The fourth-order valence-corrected chi connectivity index (χ4v) is 4.37. The van der Waals surface area contributed by atoms with E-state index in [0.29, 0.717) is 12.2 Å². The summed E-state index contributed by atoms with van der Waals surface area (Å²) in [6.45, 7) is 2.45. The van der Waals surface area contributed by atoms with E-state index in [0.717, 1.165) is 49.9 Å². The van der Waals surface area contributed by atoms with Crippen LogP contribution in [0, 0.1) is 0 Å². The zero-order valence-electron chi connectivity index (χ0n) is 19.7. The zero-order valence-corrected chi connectivity index (χ0v) is 19.7. The average molecular weight is 501 g/mol. The standard InChI is InChI=1S/C26H27F3N4O3/c1-2-12-30-25(36)33-22(16-6-3-4-7-16)15-21(32-33)20-14-19(10-11-23(20)34)31-24(35)17-8-5-9-18(13-17)26(27,28)29/h5,8-11,13-16,34H,2-4,6-7,12H2,1H3,(H,30,36)(H,31,35). The minimum atomic E-state index is -4.57. The summed E-state index contributed by atoms with van der Waals surface area (Å²) >= 11 is 0. The minimum Gasteiger partial charge on any atom is -0.507 e. The Morgan fingerprint density at radius 1 is 1.11 bits per heavy atom. The molecule has 1 aliphatic carbocycles. The molecule has 2 amide bonds. The molecule has 1 saturated carbocycles. The van der Waals surface area contributed by atoms with Crippen LogP contribution in [0.3, 0.4) is 0 Å². The molecule has 0 bridgehead atoms. The summed E-state index contributed by atoms with van der Waals surface area (Å²) in [6, 6.07) is 9.84. The number of phenols is 1. The molecule has 10 heteroatoms. The lowest BCUT2D eigenvalue weighted by atomic mass is 10.0. The van der Waals surface area contributed by atoms with Crippen LogP contribution >= 0.6 is 0 Å². The van der Waals surface area contributed by atoms with Crippen molar-refractivity contribution in [3.05, 3.63) is 65.4 Å². The molecule has 1 aromatic heterocycles. The third-order valence-electron chi connectivity index (χ3n) is 6.21. The van der Waals surface area contributed by atoms with E-state index in [9.17, 15) is 27.9 Å². The Morgan fingerprint density at radius 3 is 2.56 bits per heavy atom. The lowest BCUT2D eigenvalue weighted by Gasteiger charge is -2.11. The molecule has 0 saturated heterocycles. The maximum absolute atomic E-state index is 13.0. The van der Waals surface area contributed by atoms with E-state index in [4.69, 9.17) is 0 Å². The van der Waals surface area contributed by atoms with Crippen LogP contribution in [0.1, 0.15) is 66.6 Å². The number of aromatic nitrogens is 2. The first kappa shape index (κ1) is 25.3. The third-order valence-corrected chi connectivity index (χ3v) is 6.21. The van der Waals surface area contributed by atoms with Crippen LogP contribution in [0.2, 0.25) is 0 Å². The van der Waals surface area contributed by atoms with Crippen molar-refractivity contribution in [2.45, 2.75) is 51.1 Å². The second kappa shape index (κ2) is 10.4. The normalized spacial score (nSPS) is 14.1. The molecule has 36 heavy (non-hydrogen) atoms. The second-order valence-corrected chi connectivity index (χ2v) is 8.84. The number of aromatic hydroxyl groups is 1. The summed E-state index contributed by atoms with van der Waals surface area (Å²) in [6.07, 6.45) is 0.193. The molecule has 0 radical (unpaired) electrons. The number of phenolic OH excluding ortho intramolecular Hbond substituents is 1. The SMILES string of the molecule is CCCNC(=O)n1nc(-c2cc(NC(=O)c3cccc(C(F)(F)F)c3)ccc2O)cc1C1CCCC1. The topological polar surface area (TPSA) is 96.3 Å². The molecule has 0 unspecified atom stereocenters. The fourth-order valence-electron chi connectivity index (χ4n) is 4.37. The fraction of sp³-hybridized carbons (Fsp3) is 0.346. The number of nitrogens with one attached hydrogen (secondary N) is 2. The highest BCUT2D eigenvalue weighted by molar-refractivity contribution is 6.04. The molecule has 4 rings (SSSR count). The van der Waals surface area contributed by atoms with Crippen LogP contribution < -0.4 is 10.6 Å². The highest BCUT2D eigenvalue weighted by Gasteiger charge is 2.31. The highest BCUT2D eigenvalue weighted by Crippen LogP contribution is 2.38. The molecular formula is C26H27F3N4O3. The Kier molecular flexibility index (Phi) is 7.32. The lowest BCUT2D eigenvalue weighted by Crippen LogP contribution is -2.31. The van der Waals surface area contributed by atoms with Crippen molar-refractivity contribution in [3.63, 3.8) is 0 Å². The number of hydrogen-bond donors (Lipinski definition) is 3. The monoisotopic (exact) mass is 500 g/mol. The van der Waals surface area contributed by atoms with Crippen LogP contribution in [0.25, 0.3) is 11.3 Å². The molecule has 3 N–H and O–H groups in total. The molecule has 0 aliphatic heterocycles. The summed E-state index contributed by atoms with van der Waals surface area (Å²) < 4.78 is 40.4. The van der Waals surface area contributed by atoms with Crippen molar-refractivity contribution in [3.8, 4) is 17.0 Å². The maximum atomic E-state index is 13.0. The van der Waals surface area contributed by atoms with Crippen LogP contribution in [-0.2, 0) is 6.18 Å². The predicted molar refractivity (Wildman–Crippen MR) is 129 cm³/mol. The van der Waals surface area contributed by atoms with Gasteiger partial charge in [0.25, 0.3) is 5.91 Å². The number of rotatable bonds is 6. The van der Waals surface area contributed by atoms with Crippen molar-refractivity contribution >= 4 is 17.6 Å². The summed E-state index contributed by atoms with van der Waals surface area (Å²) in [5, 5.41) is 20.4.